The second-order valence-electron chi connectivity index (χ2n) is 3.32. The summed E-state index contributed by atoms with van der Waals surface area (Å²) in [7, 11) is -1.23. The number of nitrogen functional groups attached to an aromatic ring is 1. The number of halogens is 1. The molecule has 84 valence electrons. The van der Waals surface area contributed by atoms with Crippen molar-refractivity contribution in [2.45, 2.75) is 4.90 Å². The molecule has 1 aliphatic heterocycles. The molecule has 0 bridgehead atoms. The van der Waals surface area contributed by atoms with Crippen molar-refractivity contribution >= 4 is 22.2 Å². The molecule has 3 N–H and O–H groups in total. The maximum atomic E-state index is 13.4. The Morgan fingerprint density at radius 1 is 1.69 bits per heavy atom. The van der Waals surface area contributed by atoms with Gasteiger partial charge in [-0.1, -0.05) is 5.92 Å². The third-order valence-electron chi connectivity index (χ3n) is 2.35. The fourth-order valence-corrected chi connectivity index (χ4v) is 2.91. The van der Waals surface area contributed by atoms with Gasteiger partial charge in [-0.25, -0.2) is 4.39 Å². The normalized spacial score (nSPS) is 18.1. The summed E-state index contributed by atoms with van der Waals surface area (Å²) in [5.41, 5.74) is 3.09. The predicted molar refractivity (Wildman–Crippen MR) is 61.7 cm³/mol. The van der Waals surface area contributed by atoms with Crippen LogP contribution in [0.1, 0.15) is 0 Å². The van der Waals surface area contributed by atoms with E-state index in [0.29, 0.717) is 23.0 Å². The van der Waals surface area contributed by atoms with Gasteiger partial charge in [0.2, 0.25) is 0 Å². The number of hydrogen-bond acceptors (Lipinski definition) is 4. The fraction of sp³-hybridized carbons (Fsp3) is 0.200. The minimum Gasteiger partial charge on any atom is -0.347 e. The van der Waals surface area contributed by atoms with E-state index in [9.17, 15) is 8.60 Å². The molecule has 0 amide bonds. The molecule has 0 fully saturated rings. The minimum atomic E-state index is -1.23. The molecule has 1 aromatic rings. The fourth-order valence-electron chi connectivity index (χ4n) is 1.61. The number of nitrogens with zero attached hydrogens (tertiary/aromatic N) is 1. The monoisotopic (exact) mass is 239 g/mol. The van der Waals surface area contributed by atoms with Crippen molar-refractivity contribution in [1.82, 2.24) is 0 Å². The van der Waals surface area contributed by atoms with Crippen LogP contribution in [0.5, 0.6) is 0 Å². The Morgan fingerprint density at radius 3 is 3.06 bits per heavy atom. The Bertz CT molecular complexity index is 498. The number of hydrogen-bond donors (Lipinski definition) is 2. The van der Waals surface area contributed by atoms with Crippen LogP contribution in [0.2, 0.25) is 0 Å². The molecule has 0 radical (unpaired) electrons. The second-order valence-corrected chi connectivity index (χ2v) is 4.71. The molecule has 0 saturated carbocycles. The van der Waals surface area contributed by atoms with Gasteiger partial charge in [-0.05, 0) is 12.1 Å². The first-order chi connectivity index (χ1) is 7.67. The molecule has 1 unspecified atom stereocenters. The molecule has 16 heavy (non-hydrogen) atoms. The molecule has 6 heteroatoms. The zero-order valence-corrected chi connectivity index (χ0v) is 9.18. The lowest BCUT2D eigenvalue weighted by atomic mass is 10.2. The second kappa shape index (κ2) is 4.12. The first-order valence-electron chi connectivity index (χ1n) is 4.54. The Labute approximate surface area is 95.0 Å². The average Bonchev–Trinajstić information content (AvgIpc) is 2.55. The summed E-state index contributed by atoms with van der Waals surface area (Å²) in [6.07, 6.45) is 5.21. The number of nitrogens with one attached hydrogen (secondary N) is 1. The third-order valence-corrected chi connectivity index (χ3v) is 3.71. The third kappa shape index (κ3) is 1.64. The maximum absolute atomic E-state index is 13.4. The number of terminal acetylenes is 1. The van der Waals surface area contributed by atoms with Crippen LogP contribution in [0.4, 0.5) is 15.8 Å². The Kier molecular flexibility index (Phi) is 2.81. The summed E-state index contributed by atoms with van der Waals surface area (Å²) >= 11 is 0. The van der Waals surface area contributed by atoms with Gasteiger partial charge in [-0.3, -0.25) is 10.1 Å². The Hall–Kier alpha value is -1.58. The van der Waals surface area contributed by atoms with Gasteiger partial charge in [0.05, 0.1) is 39.5 Å². The molecule has 0 aliphatic carbocycles. The van der Waals surface area contributed by atoms with Crippen LogP contribution in [0, 0.1) is 18.2 Å². The Balaban J connectivity index is 2.51. The molecule has 1 aliphatic rings. The SMILES string of the molecule is C#CCN1CS(=O)c2cc(F)c(NN)cc21. The number of hydrazine groups is 1. The van der Waals surface area contributed by atoms with E-state index in [1.54, 1.807) is 4.90 Å². The summed E-state index contributed by atoms with van der Waals surface area (Å²) in [6.45, 7) is 0.342. The number of anilines is 2. The largest absolute Gasteiger partial charge is 0.347 e. The number of rotatable bonds is 2. The van der Waals surface area contributed by atoms with E-state index in [4.69, 9.17) is 12.3 Å². The van der Waals surface area contributed by atoms with Gasteiger partial charge in [0, 0.05) is 0 Å². The maximum Gasteiger partial charge on any atom is 0.148 e. The first-order valence-corrected chi connectivity index (χ1v) is 5.86. The van der Waals surface area contributed by atoms with Crippen LogP contribution in [0.3, 0.4) is 0 Å². The molecule has 1 aromatic carbocycles. The van der Waals surface area contributed by atoms with Crippen LogP contribution in [0.15, 0.2) is 17.0 Å². The number of fused-ring (bicyclic) bond motifs is 1. The number of nitrogens with two attached hydrogens (primary N) is 1. The van der Waals surface area contributed by atoms with Crippen molar-refractivity contribution in [3.8, 4) is 12.3 Å². The van der Waals surface area contributed by atoms with Gasteiger partial charge < -0.3 is 10.3 Å². The summed E-state index contributed by atoms with van der Waals surface area (Å²) < 4.78 is 25.1. The van der Waals surface area contributed by atoms with Crippen LogP contribution < -0.4 is 16.2 Å². The topological polar surface area (TPSA) is 58.4 Å². The lowest BCUT2D eigenvalue weighted by Crippen LogP contribution is -2.21. The molecule has 2 rings (SSSR count). The van der Waals surface area contributed by atoms with Crippen molar-refractivity contribution in [1.29, 1.82) is 0 Å². The van der Waals surface area contributed by atoms with E-state index in [0.717, 1.165) is 0 Å². The highest BCUT2D eigenvalue weighted by molar-refractivity contribution is 7.85. The van der Waals surface area contributed by atoms with E-state index in [1.165, 1.54) is 12.1 Å². The molecule has 0 spiro atoms. The van der Waals surface area contributed by atoms with Crippen molar-refractivity contribution < 1.29 is 8.60 Å². The van der Waals surface area contributed by atoms with Crippen molar-refractivity contribution in [2.75, 3.05) is 22.7 Å². The van der Waals surface area contributed by atoms with Gasteiger partial charge in [0.25, 0.3) is 0 Å². The van der Waals surface area contributed by atoms with Crippen molar-refractivity contribution in [3.05, 3.63) is 17.9 Å². The van der Waals surface area contributed by atoms with Crippen LogP contribution in [0.25, 0.3) is 0 Å². The molecular weight excluding hydrogens is 229 g/mol. The highest BCUT2D eigenvalue weighted by atomic mass is 32.2. The van der Waals surface area contributed by atoms with Gasteiger partial charge >= 0.3 is 0 Å². The Morgan fingerprint density at radius 2 is 2.44 bits per heavy atom. The molecule has 0 saturated heterocycles. The van der Waals surface area contributed by atoms with Crippen molar-refractivity contribution in [3.63, 3.8) is 0 Å². The molecule has 4 nitrogen and oxygen atoms in total. The molecule has 1 atom stereocenters. The predicted octanol–water partition coefficient (Wildman–Crippen LogP) is 0.630. The molecule has 0 aromatic heterocycles. The lowest BCUT2D eigenvalue weighted by molar-refractivity contribution is 0.626. The lowest BCUT2D eigenvalue weighted by Gasteiger charge is -2.15. The van der Waals surface area contributed by atoms with Crippen molar-refractivity contribution in [2.24, 2.45) is 5.84 Å². The van der Waals surface area contributed by atoms with Gasteiger partial charge in [-0.2, -0.15) is 0 Å². The van der Waals surface area contributed by atoms with E-state index in [2.05, 4.69) is 11.3 Å². The van der Waals surface area contributed by atoms with Gasteiger partial charge in [-0.15, -0.1) is 6.42 Å². The highest BCUT2D eigenvalue weighted by Gasteiger charge is 2.26. The molecular formula is C10H10FN3OS. The summed E-state index contributed by atoms with van der Waals surface area (Å²) in [5, 5.41) is 0. The minimum absolute atomic E-state index is 0.166. The first kappa shape index (κ1) is 10.9. The summed E-state index contributed by atoms with van der Waals surface area (Å²) in [6, 6.07) is 2.75. The zero-order valence-electron chi connectivity index (χ0n) is 8.37. The highest BCUT2D eigenvalue weighted by Crippen LogP contribution is 2.34. The van der Waals surface area contributed by atoms with Gasteiger partial charge in [0.1, 0.15) is 5.82 Å². The van der Waals surface area contributed by atoms with Crippen LogP contribution in [-0.4, -0.2) is 16.6 Å². The standard InChI is InChI=1S/C10H10FN3OS/c1-2-3-14-6-16(15)10-4-7(11)8(13-12)5-9(10)14/h1,4-5,13H,3,6,12H2. The van der Waals surface area contributed by atoms with E-state index < -0.39 is 16.6 Å². The summed E-state index contributed by atoms with van der Waals surface area (Å²) in [4.78, 5) is 2.22. The van der Waals surface area contributed by atoms with E-state index in [-0.39, 0.29) is 5.69 Å². The smallest absolute Gasteiger partial charge is 0.148 e. The van der Waals surface area contributed by atoms with E-state index >= 15 is 0 Å². The molecule has 1 heterocycles. The number of benzene rings is 1. The van der Waals surface area contributed by atoms with E-state index in [1.807, 2.05) is 0 Å². The van der Waals surface area contributed by atoms with Crippen LogP contribution >= 0.6 is 0 Å². The zero-order chi connectivity index (χ0) is 11.7. The quantitative estimate of drug-likeness (QED) is 0.451. The van der Waals surface area contributed by atoms with Crippen LogP contribution in [-0.2, 0) is 10.8 Å². The van der Waals surface area contributed by atoms with Gasteiger partial charge in [0.15, 0.2) is 0 Å². The summed E-state index contributed by atoms with van der Waals surface area (Å²) in [5.74, 6) is 7.43. The average molecular weight is 239 g/mol.